The summed E-state index contributed by atoms with van der Waals surface area (Å²) in [6, 6.07) is 24.5. The minimum Gasteiger partial charge on any atom is -0.320 e. The molecule has 2 heterocycles. The van der Waals surface area contributed by atoms with Gasteiger partial charge in [0, 0.05) is 17.2 Å². The number of carbonyl (C=O) groups is 1. The van der Waals surface area contributed by atoms with E-state index >= 15 is 0 Å². The van der Waals surface area contributed by atoms with Crippen LogP contribution in [-0.2, 0) is 0 Å². The van der Waals surface area contributed by atoms with Crippen molar-refractivity contribution >= 4 is 11.6 Å². The molecule has 0 atom stereocenters. The van der Waals surface area contributed by atoms with Crippen LogP contribution in [0.4, 0.5) is 10.1 Å². The summed E-state index contributed by atoms with van der Waals surface area (Å²) in [7, 11) is 0. The van der Waals surface area contributed by atoms with E-state index in [1.54, 1.807) is 18.2 Å². The molecule has 0 aliphatic heterocycles. The van der Waals surface area contributed by atoms with E-state index in [4.69, 9.17) is 0 Å². The van der Waals surface area contributed by atoms with Crippen LogP contribution in [0.5, 0.6) is 0 Å². The average Bonchev–Trinajstić information content (AvgIpc) is 3.36. The fourth-order valence-electron chi connectivity index (χ4n) is 3.38. The summed E-state index contributed by atoms with van der Waals surface area (Å²) in [5.74, 6) is 0.0556. The topological polar surface area (TPSA) is 106 Å². The number of aromatic nitrogens is 5. The monoisotopic (exact) mass is 452 g/mol. The largest absolute Gasteiger partial charge is 0.320 e. The van der Waals surface area contributed by atoms with Crippen molar-refractivity contribution in [2.45, 2.75) is 0 Å². The second kappa shape index (κ2) is 8.91. The maximum atomic E-state index is 13.2. The van der Waals surface area contributed by atoms with Gasteiger partial charge < -0.3 is 5.32 Å². The maximum Gasteiger partial charge on any atom is 0.276 e. The van der Waals surface area contributed by atoms with Gasteiger partial charge in [-0.3, -0.25) is 14.7 Å². The van der Waals surface area contributed by atoms with Crippen LogP contribution in [0.3, 0.4) is 0 Å². The Morgan fingerprint density at radius 3 is 2.41 bits per heavy atom. The number of anilines is 1. The Hall–Kier alpha value is -4.92. The lowest BCUT2D eigenvalue weighted by Gasteiger charge is -2.10. The standard InChI is InChI=1S/C25H17FN6O2/c26-17-10-12-18(13-11-17)32-22(33)15-14-21(31-32)25(34)27-20-9-5-4-8-19(20)24-28-23(29-30-24)16-6-2-1-3-7-16/h1-15H,(H,27,34)(H,28,29,30). The van der Waals surface area contributed by atoms with Crippen LogP contribution in [0, 0.1) is 5.82 Å². The van der Waals surface area contributed by atoms with Crippen LogP contribution < -0.4 is 10.9 Å². The first-order chi connectivity index (χ1) is 16.6. The summed E-state index contributed by atoms with van der Waals surface area (Å²) in [6.07, 6.45) is 0. The molecule has 0 bridgehead atoms. The summed E-state index contributed by atoms with van der Waals surface area (Å²) in [5.41, 5.74) is 1.90. The zero-order chi connectivity index (χ0) is 23.5. The van der Waals surface area contributed by atoms with Crippen molar-refractivity contribution in [3.63, 3.8) is 0 Å². The molecule has 1 amide bonds. The van der Waals surface area contributed by atoms with Crippen molar-refractivity contribution in [1.29, 1.82) is 0 Å². The van der Waals surface area contributed by atoms with Gasteiger partial charge in [0.2, 0.25) is 0 Å². The Morgan fingerprint density at radius 1 is 0.882 bits per heavy atom. The smallest absolute Gasteiger partial charge is 0.276 e. The highest BCUT2D eigenvalue weighted by Crippen LogP contribution is 2.27. The average molecular weight is 452 g/mol. The third-order valence-corrected chi connectivity index (χ3v) is 5.05. The van der Waals surface area contributed by atoms with Crippen molar-refractivity contribution in [2.24, 2.45) is 0 Å². The molecule has 2 N–H and O–H groups in total. The second-order valence-corrected chi connectivity index (χ2v) is 7.32. The number of nitrogens with zero attached hydrogens (tertiary/aromatic N) is 4. The molecule has 166 valence electrons. The molecule has 0 radical (unpaired) electrons. The highest BCUT2D eigenvalue weighted by atomic mass is 19.1. The lowest BCUT2D eigenvalue weighted by molar-refractivity contribution is 0.102. The Balaban J connectivity index is 1.44. The van der Waals surface area contributed by atoms with Crippen molar-refractivity contribution in [1.82, 2.24) is 25.0 Å². The number of benzene rings is 3. The lowest BCUT2D eigenvalue weighted by Crippen LogP contribution is -2.25. The van der Waals surface area contributed by atoms with Crippen LogP contribution in [-0.4, -0.2) is 30.9 Å². The number of carbonyl (C=O) groups excluding carboxylic acids is 1. The van der Waals surface area contributed by atoms with E-state index in [0.717, 1.165) is 10.2 Å². The molecule has 3 aromatic carbocycles. The van der Waals surface area contributed by atoms with Crippen LogP contribution in [0.1, 0.15) is 10.5 Å². The molecule has 8 nitrogen and oxygen atoms in total. The summed E-state index contributed by atoms with van der Waals surface area (Å²) in [4.78, 5) is 29.8. The number of hydrogen-bond donors (Lipinski definition) is 2. The van der Waals surface area contributed by atoms with Gasteiger partial charge in [0.1, 0.15) is 11.5 Å². The number of nitrogens with one attached hydrogen (secondary N) is 2. The van der Waals surface area contributed by atoms with Crippen LogP contribution in [0.25, 0.3) is 28.5 Å². The molecular weight excluding hydrogens is 435 g/mol. The molecule has 0 fully saturated rings. The first-order valence-corrected chi connectivity index (χ1v) is 10.3. The molecule has 5 rings (SSSR count). The number of halogens is 1. The van der Waals surface area contributed by atoms with E-state index < -0.39 is 17.3 Å². The molecule has 34 heavy (non-hydrogen) atoms. The Morgan fingerprint density at radius 2 is 1.62 bits per heavy atom. The van der Waals surface area contributed by atoms with Gasteiger partial charge in [-0.25, -0.2) is 9.37 Å². The number of rotatable bonds is 5. The lowest BCUT2D eigenvalue weighted by atomic mass is 10.1. The molecule has 0 aliphatic carbocycles. The van der Waals surface area contributed by atoms with Crippen LogP contribution in [0.15, 0.2) is 95.8 Å². The van der Waals surface area contributed by atoms with Gasteiger partial charge in [-0.15, -0.1) is 0 Å². The van der Waals surface area contributed by atoms with E-state index in [1.807, 2.05) is 36.4 Å². The molecule has 2 aromatic heterocycles. The molecule has 9 heteroatoms. The first-order valence-electron chi connectivity index (χ1n) is 10.3. The second-order valence-electron chi connectivity index (χ2n) is 7.32. The summed E-state index contributed by atoms with van der Waals surface area (Å²) in [6.45, 7) is 0. The van der Waals surface area contributed by atoms with E-state index in [-0.39, 0.29) is 5.69 Å². The third kappa shape index (κ3) is 4.22. The Bertz CT molecular complexity index is 1530. The van der Waals surface area contributed by atoms with Gasteiger partial charge in [-0.2, -0.15) is 14.9 Å². The molecule has 5 aromatic rings. The first kappa shape index (κ1) is 21.0. The molecule has 0 unspecified atom stereocenters. The highest BCUT2D eigenvalue weighted by Gasteiger charge is 2.16. The van der Waals surface area contributed by atoms with Gasteiger partial charge in [0.05, 0.1) is 11.4 Å². The molecule has 0 saturated heterocycles. The van der Waals surface area contributed by atoms with E-state index in [0.29, 0.717) is 28.6 Å². The van der Waals surface area contributed by atoms with Gasteiger partial charge in [0.15, 0.2) is 11.6 Å². The predicted octanol–water partition coefficient (Wildman–Crippen LogP) is 4.08. The Labute approximate surface area is 192 Å². The van der Waals surface area contributed by atoms with Crippen molar-refractivity contribution in [2.75, 3.05) is 5.32 Å². The van der Waals surface area contributed by atoms with Crippen LogP contribution in [0.2, 0.25) is 0 Å². The number of para-hydroxylation sites is 1. The predicted molar refractivity (Wildman–Crippen MR) is 125 cm³/mol. The normalized spacial score (nSPS) is 10.7. The molecule has 0 aliphatic rings. The van der Waals surface area contributed by atoms with Crippen molar-refractivity contribution in [3.05, 3.63) is 113 Å². The molecule has 0 spiro atoms. The van der Waals surface area contributed by atoms with E-state index in [2.05, 4.69) is 25.6 Å². The maximum absolute atomic E-state index is 13.2. The summed E-state index contributed by atoms with van der Waals surface area (Å²) in [5, 5.41) is 14.2. The van der Waals surface area contributed by atoms with Gasteiger partial charge in [-0.1, -0.05) is 42.5 Å². The summed E-state index contributed by atoms with van der Waals surface area (Å²) < 4.78 is 14.3. The van der Waals surface area contributed by atoms with Gasteiger partial charge in [-0.05, 0) is 42.5 Å². The fourth-order valence-corrected chi connectivity index (χ4v) is 3.38. The number of H-pyrrole nitrogens is 1. The van der Waals surface area contributed by atoms with Crippen molar-refractivity contribution < 1.29 is 9.18 Å². The Kier molecular flexibility index (Phi) is 5.49. The SMILES string of the molecule is O=C(Nc1ccccc1-c1nc(-c2ccccc2)n[nH]1)c1ccc(=O)n(-c2ccc(F)cc2)n1. The molecule has 0 saturated carbocycles. The van der Waals surface area contributed by atoms with Crippen molar-refractivity contribution in [3.8, 4) is 28.5 Å². The van der Waals surface area contributed by atoms with Crippen LogP contribution >= 0.6 is 0 Å². The number of aromatic amines is 1. The minimum atomic E-state index is -0.522. The number of amides is 1. The minimum absolute atomic E-state index is 0.0151. The van der Waals surface area contributed by atoms with Gasteiger partial charge >= 0.3 is 0 Å². The fraction of sp³-hybridized carbons (Fsp3) is 0. The third-order valence-electron chi connectivity index (χ3n) is 5.05. The highest BCUT2D eigenvalue weighted by molar-refractivity contribution is 6.04. The number of hydrogen-bond acceptors (Lipinski definition) is 5. The zero-order valence-electron chi connectivity index (χ0n) is 17.6. The van der Waals surface area contributed by atoms with E-state index in [9.17, 15) is 14.0 Å². The quantitative estimate of drug-likeness (QED) is 0.418. The summed E-state index contributed by atoms with van der Waals surface area (Å²) >= 11 is 0. The van der Waals surface area contributed by atoms with Gasteiger partial charge in [0.25, 0.3) is 11.5 Å². The van der Waals surface area contributed by atoms with E-state index in [1.165, 1.54) is 36.4 Å². The zero-order valence-corrected chi connectivity index (χ0v) is 17.6. The molecular formula is C25H17FN6O2.